The molecule has 0 unspecified atom stereocenters. The molecule has 2 fully saturated rings. The Balaban J connectivity index is 1.47. The fraction of sp³-hybridized carbons (Fsp3) is 0.556. The van der Waals surface area contributed by atoms with Crippen LogP contribution in [-0.2, 0) is 0 Å². The Bertz CT molecular complexity index is 779. The third-order valence-corrected chi connectivity index (χ3v) is 6.24. The van der Waals surface area contributed by atoms with Gasteiger partial charge in [-0.3, -0.25) is 14.1 Å². The van der Waals surface area contributed by atoms with Crippen molar-refractivity contribution in [2.45, 2.75) is 25.8 Å². The summed E-state index contributed by atoms with van der Waals surface area (Å²) in [6.45, 7) is 5.46. The van der Waals surface area contributed by atoms with Gasteiger partial charge in [-0.25, -0.2) is 4.98 Å². The van der Waals surface area contributed by atoms with Gasteiger partial charge in [0.15, 0.2) is 5.69 Å². The van der Waals surface area contributed by atoms with Crippen LogP contribution in [0.3, 0.4) is 0 Å². The number of amides is 1. The molecule has 2 aliphatic rings. The number of aryl methyl sites for hydroxylation is 1. The number of rotatable bonds is 2. The van der Waals surface area contributed by atoms with Crippen molar-refractivity contribution in [1.82, 2.24) is 19.2 Å². The minimum atomic E-state index is -0.548. The van der Waals surface area contributed by atoms with E-state index < -0.39 is 5.95 Å². The lowest BCUT2D eigenvalue weighted by molar-refractivity contribution is 0.0621. The van der Waals surface area contributed by atoms with Crippen LogP contribution in [0.1, 0.15) is 29.0 Å². The quantitative estimate of drug-likeness (QED) is 0.823. The standard InChI is InChI=1S/C18H23FN4OS/c1-13-3-2-4-15-20-16(17(19)23(13)15)18(24)22-7-5-14(6-8-22)21-9-11-25-12-10-21/h2-4,14H,5-12H2,1H3. The predicted molar refractivity (Wildman–Crippen MR) is 97.7 cm³/mol. The van der Waals surface area contributed by atoms with Gasteiger partial charge >= 0.3 is 0 Å². The first-order valence-electron chi connectivity index (χ1n) is 8.90. The van der Waals surface area contributed by atoms with Gasteiger partial charge < -0.3 is 4.90 Å². The summed E-state index contributed by atoms with van der Waals surface area (Å²) < 4.78 is 16.1. The molecule has 2 aromatic heterocycles. The average molecular weight is 362 g/mol. The number of halogens is 1. The molecule has 5 nitrogen and oxygen atoms in total. The molecule has 2 saturated heterocycles. The van der Waals surface area contributed by atoms with Gasteiger partial charge in [-0.05, 0) is 31.9 Å². The van der Waals surface area contributed by atoms with Crippen molar-refractivity contribution in [2.75, 3.05) is 37.7 Å². The number of hydrogen-bond acceptors (Lipinski definition) is 4. The topological polar surface area (TPSA) is 40.9 Å². The molecule has 4 heterocycles. The number of carbonyl (C=O) groups is 1. The fourth-order valence-corrected chi connectivity index (χ4v) is 4.81. The van der Waals surface area contributed by atoms with Crippen LogP contribution in [0.25, 0.3) is 5.65 Å². The van der Waals surface area contributed by atoms with E-state index in [1.54, 1.807) is 11.0 Å². The second-order valence-electron chi connectivity index (χ2n) is 6.78. The van der Waals surface area contributed by atoms with Gasteiger partial charge in [0.25, 0.3) is 5.91 Å². The van der Waals surface area contributed by atoms with Crippen LogP contribution >= 0.6 is 11.8 Å². The molecule has 4 rings (SSSR count). The molecule has 1 amide bonds. The monoisotopic (exact) mass is 362 g/mol. The van der Waals surface area contributed by atoms with E-state index in [9.17, 15) is 9.18 Å². The molecular weight excluding hydrogens is 339 g/mol. The Labute approximate surface area is 151 Å². The highest BCUT2D eigenvalue weighted by Crippen LogP contribution is 2.22. The number of piperidine rings is 1. The normalized spacial score (nSPS) is 20.3. The number of nitrogens with zero attached hydrogens (tertiary/aromatic N) is 4. The van der Waals surface area contributed by atoms with Gasteiger partial charge in [-0.1, -0.05) is 6.07 Å². The highest BCUT2D eigenvalue weighted by Gasteiger charge is 2.31. The number of pyridine rings is 1. The Morgan fingerprint density at radius 1 is 1.20 bits per heavy atom. The molecule has 25 heavy (non-hydrogen) atoms. The summed E-state index contributed by atoms with van der Waals surface area (Å²) in [6.07, 6.45) is 1.93. The number of likely N-dealkylation sites (tertiary alicyclic amines) is 1. The van der Waals surface area contributed by atoms with E-state index in [2.05, 4.69) is 9.88 Å². The first kappa shape index (κ1) is 16.8. The van der Waals surface area contributed by atoms with E-state index in [4.69, 9.17) is 0 Å². The second-order valence-corrected chi connectivity index (χ2v) is 8.01. The summed E-state index contributed by atoms with van der Waals surface area (Å²) in [4.78, 5) is 21.3. The summed E-state index contributed by atoms with van der Waals surface area (Å²) in [7, 11) is 0. The molecule has 7 heteroatoms. The lowest BCUT2D eigenvalue weighted by Crippen LogP contribution is -2.49. The molecular formula is C18H23FN4OS. The Morgan fingerprint density at radius 3 is 2.60 bits per heavy atom. The summed E-state index contributed by atoms with van der Waals surface area (Å²) in [5.74, 6) is 1.57. The maximum atomic E-state index is 14.7. The number of imidazole rings is 1. The average Bonchev–Trinajstić information content (AvgIpc) is 3.00. The van der Waals surface area contributed by atoms with E-state index in [-0.39, 0.29) is 11.6 Å². The number of fused-ring (bicyclic) bond motifs is 1. The number of thioether (sulfide) groups is 1. The van der Waals surface area contributed by atoms with E-state index in [1.807, 2.05) is 30.8 Å². The molecule has 0 saturated carbocycles. The van der Waals surface area contributed by atoms with E-state index in [1.165, 1.54) is 15.9 Å². The van der Waals surface area contributed by atoms with Crippen molar-refractivity contribution < 1.29 is 9.18 Å². The van der Waals surface area contributed by atoms with Crippen molar-refractivity contribution in [1.29, 1.82) is 0 Å². The number of carbonyl (C=O) groups excluding carboxylic acids is 1. The first-order chi connectivity index (χ1) is 12.1. The minimum Gasteiger partial charge on any atom is -0.337 e. The van der Waals surface area contributed by atoms with Crippen molar-refractivity contribution in [3.05, 3.63) is 35.5 Å². The van der Waals surface area contributed by atoms with Gasteiger partial charge in [-0.2, -0.15) is 16.2 Å². The highest BCUT2D eigenvalue weighted by atomic mass is 32.2. The van der Waals surface area contributed by atoms with Gasteiger partial charge in [0.2, 0.25) is 5.95 Å². The van der Waals surface area contributed by atoms with Crippen LogP contribution in [0.5, 0.6) is 0 Å². The number of aromatic nitrogens is 2. The predicted octanol–water partition coefficient (Wildman–Crippen LogP) is 2.44. The summed E-state index contributed by atoms with van der Waals surface area (Å²) in [6, 6.07) is 5.92. The molecule has 0 N–H and O–H groups in total. The summed E-state index contributed by atoms with van der Waals surface area (Å²) in [5.41, 5.74) is 1.17. The lowest BCUT2D eigenvalue weighted by Gasteiger charge is -2.39. The first-order valence-corrected chi connectivity index (χ1v) is 10.1. The Hall–Kier alpha value is -1.60. The number of hydrogen-bond donors (Lipinski definition) is 0. The molecule has 0 aliphatic carbocycles. The molecule has 0 bridgehead atoms. The van der Waals surface area contributed by atoms with E-state index in [0.717, 1.165) is 31.6 Å². The Kier molecular flexibility index (Phi) is 4.69. The van der Waals surface area contributed by atoms with Crippen molar-refractivity contribution in [3.63, 3.8) is 0 Å². The van der Waals surface area contributed by atoms with Crippen LogP contribution in [0.15, 0.2) is 18.2 Å². The zero-order valence-electron chi connectivity index (χ0n) is 14.4. The van der Waals surface area contributed by atoms with Gasteiger partial charge in [-0.15, -0.1) is 0 Å². The van der Waals surface area contributed by atoms with Gasteiger partial charge in [0, 0.05) is 49.4 Å². The molecule has 2 aliphatic heterocycles. The molecule has 2 aromatic rings. The molecule has 0 spiro atoms. The largest absolute Gasteiger partial charge is 0.337 e. The molecule has 0 radical (unpaired) electrons. The van der Waals surface area contributed by atoms with E-state index >= 15 is 0 Å². The van der Waals surface area contributed by atoms with Gasteiger partial charge in [0.1, 0.15) is 5.65 Å². The summed E-state index contributed by atoms with van der Waals surface area (Å²) in [5, 5.41) is 0. The van der Waals surface area contributed by atoms with E-state index in [0.29, 0.717) is 24.8 Å². The van der Waals surface area contributed by atoms with Crippen LogP contribution in [-0.4, -0.2) is 68.8 Å². The third kappa shape index (κ3) is 3.15. The summed E-state index contributed by atoms with van der Waals surface area (Å²) >= 11 is 2.01. The molecule has 134 valence electrons. The second kappa shape index (κ2) is 6.96. The van der Waals surface area contributed by atoms with Crippen LogP contribution in [0.2, 0.25) is 0 Å². The maximum absolute atomic E-state index is 14.7. The van der Waals surface area contributed by atoms with Gasteiger partial charge in [0.05, 0.1) is 0 Å². The minimum absolute atomic E-state index is 0.0536. The highest BCUT2D eigenvalue weighted by molar-refractivity contribution is 7.99. The maximum Gasteiger partial charge on any atom is 0.277 e. The lowest BCUT2D eigenvalue weighted by atomic mass is 10.0. The third-order valence-electron chi connectivity index (χ3n) is 5.30. The van der Waals surface area contributed by atoms with Crippen LogP contribution in [0, 0.1) is 12.9 Å². The fourth-order valence-electron chi connectivity index (χ4n) is 3.87. The molecule has 0 atom stereocenters. The van der Waals surface area contributed by atoms with Crippen LogP contribution in [0.4, 0.5) is 4.39 Å². The van der Waals surface area contributed by atoms with Crippen LogP contribution < -0.4 is 0 Å². The van der Waals surface area contributed by atoms with Crippen molar-refractivity contribution in [2.24, 2.45) is 0 Å². The molecule has 0 aromatic carbocycles. The SMILES string of the molecule is Cc1cccc2nc(C(=O)N3CCC(N4CCSCC4)CC3)c(F)n12. The van der Waals surface area contributed by atoms with Crippen molar-refractivity contribution in [3.8, 4) is 0 Å². The Morgan fingerprint density at radius 2 is 1.92 bits per heavy atom. The smallest absolute Gasteiger partial charge is 0.277 e. The zero-order valence-corrected chi connectivity index (χ0v) is 15.3. The van der Waals surface area contributed by atoms with Crippen molar-refractivity contribution >= 4 is 23.3 Å². The zero-order chi connectivity index (χ0) is 17.4.